The van der Waals surface area contributed by atoms with E-state index < -0.39 is 15.8 Å². The first-order valence-electron chi connectivity index (χ1n) is 12.0. The Morgan fingerprint density at radius 2 is 1.79 bits per heavy atom. The Balaban J connectivity index is 1.56. The van der Waals surface area contributed by atoms with Crippen molar-refractivity contribution in [2.75, 3.05) is 19.7 Å². The smallest absolute Gasteiger partial charge is 0.309 e. The van der Waals surface area contributed by atoms with Gasteiger partial charge in [-0.1, -0.05) is 20.8 Å². The van der Waals surface area contributed by atoms with Crippen LogP contribution in [0.4, 0.5) is 5.69 Å². The van der Waals surface area contributed by atoms with Crippen molar-refractivity contribution in [3.05, 3.63) is 39.7 Å². The fraction of sp³-hybridized carbons (Fsp3) is 0.600. The maximum Gasteiger partial charge on any atom is 0.309 e. The Labute approximate surface area is 198 Å². The van der Waals surface area contributed by atoms with Crippen molar-refractivity contribution in [1.82, 2.24) is 14.9 Å². The van der Waals surface area contributed by atoms with Crippen LogP contribution < -0.4 is 0 Å². The summed E-state index contributed by atoms with van der Waals surface area (Å²) in [7, 11) is 0. The first-order chi connectivity index (χ1) is 16.1. The number of carbonyl (C=O) groups is 2. The largest absolute Gasteiger partial charge is 0.466 e. The highest BCUT2D eigenvalue weighted by molar-refractivity contribution is 5.93. The molecule has 5 rings (SSSR count). The molecular formula is C25H30N4O5. The van der Waals surface area contributed by atoms with Gasteiger partial charge in [-0.25, -0.2) is 9.97 Å². The number of benzene rings is 1. The number of piperidine rings is 1. The van der Waals surface area contributed by atoms with Crippen LogP contribution in [0.1, 0.15) is 64.8 Å². The lowest BCUT2D eigenvalue weighted by molar-refractivity contribution is -0.384. The third kappa shape index (κ3) is 2.78. The molecule has 0 radical (unpaired) electrons. The lowest BCUT2D eigenvalue weighted by atomic mass is 9.63. The molecule has 1 aromatic heterocycles. The van der Waals surface area contributed by atoms with Crippen LogP contribution in [-0.4, -0.2) is 51.4 Å². The number of fused-ring (bicyclic) bond motifs is 6. The highest BCUT2D eigenvalue weighted by atomic mass is 16.6. The van der Waals surface area contributed by atoms with Crippen LogP contribution >= 0.6 is 0 Å². The van der Waals surface area contributed by atoms with E-state index in [4.69, 9.17) is 14.7 Å². The number of non-ortho nitro benzene ring substituents is 1. The summed E-state index contributed by atoms with van der Waals surface area (Å²) in [6.07, 6.45) is 2.65. The minimum absolute atomic E-state index is 0.0290. The van der Waals surface area contributed by atoms with Gasteiger partial charge in [-0.05, 0) is 44.1 Å². The molecule has 34 heavy (non-hydrogen) atoms. The molecule has 3 aliphatic rings. The van der Waals surface area contributed by atoms with Crippen molar-refractivity contribution >= 4 is 28.6 Å². The summed E-state index contributed by atoms with van der Waals surface area (Å²) in [4.78, 5) is 49.0. The van der Waals surface area contributed by atoms with Gasteiger partial charge in [-0.15, -0.1) is 0 Å². The van der Waals surface area contributed by atoms with E-state index in [1.165, 1.54) is 12.1 Å². The molecule has 2 unspecified atom stereocenters. The molecule has 1 saturated heterocycles. The second kappa shape index (κ2) is 7.45. The molecule has 1 aliphatic heterocycles. The van der Waals surface area contributed by atoms with Crippen LogP contribution in [-0.2, 0) is 25.2 Å². The van der Waals surface area contributed by atoms with Crippen LogP contribution in [0.2, 0.25) is 0 Å². The number of esters is 1. The van der Waals surface area contributed by atoms with Crippen molar-refractivity contribution in [2.24, 2.45) is 11.3 Å². The standard InChI is InChI=1S/C25H30N4O5/c1-5-34-21(30)15-8-12-28(13-9-15)22(31)25-11-10-24(4,23(25,2)3)19-20(25)27-18-14-16(29(32)33)6-7-17(18)26-19/h6-7,14-15H,5,8-13H2,1-4H3. The van der Waals surface area contributed by atoms with Gasteiger partial charge in [-0.2, -0.15) is 0 Å². The fourth-order valence-corrected chi connectivity index (χ4v) is 6.52. The zero-order valence-electron chi connectivity index (χ0n) is 20.1. The highest BCUT2D eigenvalue weighted by Gasteiger charge is 2.73. The molecule has 1 saturated carbocycles. The molecular weight excluding hydrogens is 436 g/mol. The van der Waals surface area contributed by atoms with Crippen LogP contribution in [0.15, 0.2) is 18.2 Å². The van der Waals surface area contributed by atoms with Gasteiger partial charge in [0.1, 0.15) is 0 Å². The summed E-state index contributed by atoms with van der Waals surface area (Å²) in [5.74, 6) is -0.337. The third-order valence-corrected chi connectivity index (χ3v) is 9.00. The monoisotopic (exact) mass is 466 g/mol. The van der Waals surface area contributed by atoms with E-state index in [1.54, 1.807) is 13.0 Å². The van der Waals surface area contributed by atoms with Gasteiger partial charge in [0.05, 0.1) is 45.3 Å². The Morgan fingerprint density at radius 1 is 1.12 bits per heavy atom. The minimum atomic E-state index is -0.848. The zero-order valence-corrected chi connectivity index (χ0v) is 20.1. The molecule has 2 heterocycles. The Hall–Kier alpha value is -3.10. The van der Waals surface area contributed by atoms with E-state index >= 15 is 0 Å². The number of hydrogen-bond donors (Lipinski definition) is 0. The zero-order chi connectivity index (χ0) is 24.5. The van der Waals surface area contributed by atoms with E-state index in [0.717, 1.165) is 12.1 Å². The number of nitro groups is 1. The highest BCUT2D eigenvalue weighted by Crippen LogP contribution is 2.70. The third-order valence-electron chi connectivity index (χ3n) is 9.00. The molecule has 0 N–H and O–H groups in total. The number of aromatic nitrogens is 2. The van der Waals surface area contributed by atoms with Crippen molar-refractivity contribution < 1.29 is 19.2 Å². The summed E-state index contributed by atoms with van der Waals surface area (Å²) in [6, 6.07) is 4.52. The van der Waals surface area contributed by atoms with Gasteiger partial charge in [0, 0.05) is 30.6 Å². The average molecular weight is 467 g/mol. The summed E-state index contributed by atoms with van der Waals surface area (Å²) in [5, 5.41) is 11.3. The number of ether oxygens (including phenoxy) is 1. The number of likely N-dealkylation sites (tertiary alicyclic amines) is 1. The molecule has 2 fully saturated rings. The molecule has 9 nitrogen and oxygen atoms in total. The van der Waals surface area contributed by atoms with E-state index in [2.05, 4.69) is 20.8 Å². The summed E-state index contributed by atoms with van der Waals surface area (Å²) < 4.78 is 5.18. The van der Waals surface area contributed by atoms with Gasteiger partial charge in [0.15, 0.2) is 0 Å². The SMILES string of the molecule is CCOC(=O)C1CCN(C(=O)C23CCC(C)(c4nc5ccc([N+](=O)[O-])cc5nc42)C3(C)C)CC1. The van der Waals surface area contributed by atoms with Crippen LogP contribution in [0.25, 0.3) is 11.0 Å². The van der Waals surface area contributed by atoms with Gasteiger partial charge < -0.3 is 9.64 Å². The lowest BCUT2D eigenvalue weighted by Gasteiger charge is -2.43. The minimum Gasteiger partial charge on any atom is -0.466 e. The maximum atomic E-state index is 14.2. The van der Waals surface area contributed by atoms with Crippen molar-refractivity contribution in [3.8, 4) is 0 Å². The number of hydrogen-bond acceptors (Lipinski definition) is 7. The van der Waals surface area contributed by atoms with Crippen molar-refractivity contribution in [1.29, 1.82) is 0 Å². The molecule has 2 atom stereocenters. The number of nitrogens with zero attached hydrogens (tertiary/aromatic N) is 4. The predicted molar refractivity (Wildman–Crippen MR) is 124 cm³/mol. The summed E-state index contributed by atoms with van der Waals surface area (Å²) in [6.45, 7) is 9.56. The van der Waals surface area contributed by atoms with Crippen LogP contribution in [0.5, 0.6) is 0 Å². The average Bonchev–Trinajstić information content (AvgIpc) is 3.11. The number of nitro benzene ring substituents is 1. The predicted octanol–water partition coefficient (Wildman–Crippen LogP) is 3.67. The second-order valence-corrected chi connectivity index (χ2v) is 10.5. The quantitative estimate of drug-likeness (QED) is 0.383. The number of amides is 1. The van der Waals surface area contributed by atoms with Crippen LogP contribution in [0, 0.1) is 21.4 Å². The first-order valence-corrected chi connectivity index (χ1v) is 12.0. The second-order valence-electron chi connectivity index (χ2n) is 10.5. The Kier molecular flexibility index (Phi) is 4.97. The molecule has 2 aromatic rings. The summed E-state index contributed by atoms with van der Waals surface area (Å²) in [5.41, 5.74) is 0.887. The maximum absolute atomic E-state index is 14.2. The van der Waals surface area contributed by atoms with E-state index in [0.29, 0.717) is 55.7 Å². The molecule has 0 spiro atoms. The summed E-state index contributed by atoms with van der Waals surface area (Å²) >= 11 is 0. The molecule has 2 bridgehead atoms. The topological polar surface area (TPSA) is 116 Å². The lowest BCUT2D eigenvalue weighted by Crippen LogP contribution is -2.54. The van der Waals surface area contributed by atoms with Gasteiger partial charge in [0.25, 0.3) is 5.69 Å². The van der Waals surface area contributed by atoms with Gasteiger partial charge >= 0.3 is 5.97 Å². The van der Waals surface area contributed by atoms with Crippen molar-refractivity contribution in [2.45, 2.75) is 64.2 Å². The number of rotatable bonds is 4. The number of carbonyl (C=O) groups excluding carboxylic acids is 2. The van der Waals surface area contributed by atoms with E-state index in [1.807, 2.05) is 4.90 Å². The van der Waals surface area contributed by atoms with Crippen LogP contribution in [0.3, 0.4) is 0 Å². The Bertz CT molecular complexity index is 1220. The fourth-order valence-electron chi connectivity index (χ4n) is 6.52. The normalized spacial score (nSPS) is 27.6. The van der Waals surface area contributed by atoms with E-state index in [9.17, 15) is 19.7 Å². The Morgan fingerprint density at radius 3 is 2.44 bits per heavy atom. The van der Waals surface area contributed by atoms with Gasteiger partial charge in [-0.3, -0.25) is 19.7 Å². The molecule has 2 aliphatic carbocycles. The molecule has 9 heteroatoms. The van der Waals surface area contributed by atoms with Crippen molar-refractivity contribution in [3.63, 3.8) is 0 Å². The van der Waals surface area contributed by atoms with Gasteiger partial charge in [0.2, 0.25) is 5.91 Å². The molecule has 1 aromatic carbocycles. The molecule has 180 valence electrons. The van der Waals surface area contributed by atoms with E-state index in [-0.39, 0.29) is 28.9 Å². The first kappa shape index (κ1) is 22.7. The molecule has 1 amide bonds.